The smallest absolute Gasteiger partial charge is 0.328 e. The van der Waals surface area contributed by atoms with E-state index in [2.05, 4.69) is 5.16 Å². The number of rotatable bonds is 2. The van der Waals surface area contributed by atoms with Crippen LogP contribution in [0, 0.1) is 19.8 Å². The van der Waals surface area contributed by atoms with Crippen LogP contribution in [-0.2, 0) is 9.53 Å². The average molecular weight is 306 g/mol. The second-order valence-electron chi connectivity index (χ2n) is 6.30. The third-order valence-corrected chi connectivity index (χ3v) is 5.04. The number of carbonyl (C=O) groups is 2. The van der Waals surface area contributed by atoms with Crippen LogP contribution in [0.5, 0.6) is 0 Å². The van der Waals surface area contributed by atoms with Crippen LogP contribution in [0.3, 0.4) is 0 Å². The summed E-state index contributed by atoms with van der Waals surface area (Å²) in [6.07, 6.45) is 4.99. The summed E-state index contributed by atoms with van der Waals surface area (Å²) in [6.45, 7) is 3.49. The number of likely N-dealkylation sites (tertiary alicyclic amines) is 1. The number of aryl methyl sites for hydroxylation is 2. The number of esters is 1. The number of hydrogen-bond acceptors (Lipinski definition) is 5. The van der Waals surface area contributed by atoms with Crippen molar-refractivity contribution in [3.05, 3.63) is 17.0 Å². The zero-order valence-electron chi connectivity index (χ0n) is 13.3. The molecule has 0 N–H and O–H groups in total. The van der Waals surface area contributed by atoms with E-state index in [1.165, 1.54) is 13.5 Å². The van der Waals surface area contributed by atoms with Crippen LogP contribution >= 0.6 is 0 Å². The Labute approximate surface area is 129 Å². The summed E-state index contributed by atoms with van der Waals surface area (Å²) in [6, 6.07) is -0.363. The molecule has 22 heavy (non-hydrogen) atoms. The van der Waals surface area contributed by atoms with Crippen LogP contribution in [0.25, 0.3) is 0 Å². The topological polar surface area (TPSA) is 72.6 Å². The number of nitrogens with zero attached hydrogens (tertiary/aromatic N) is 2. The van der Waals surface area contributed by atoms with Gasteiger partial charge in [-0.05, 0) is 39.0 Å². The van der Waals surface area contributed by atoms with Crippen LogP contribution in [0.2, 0.25) is 0 Å². The van der Waals surface area contributed by atoms with Crippen molar-refractivity contribution in [1.82, 2.24) is 10.1 Å². The van der Waals surface area contributed by atoms with E-state index in [-0.39, 0.29) is 17.9 Å². The van der Waals surface area contributed by atoms with E-state index in [4.69, 9.17) is 9.26 Å². The fourth-order valence-electron chi connectivity index (χ4n) is 4.02. The largest absolute Gasteiger partial charge is 0.467 e. The lowest BCUT2D eigenvalue weighted by molar-refractivity contribution is -0.145. The molecule has 1 amide bonds. The Morgan fingerprint density at radius 1 is 1.27 bits per heavy atom. The zero-order valence-corrected chi connectivity index (χ0v) is 13.3. The van der Waals surface area contributed by atoms with Crippen LogP contribution in [0.4, 0.5) is 0 Å². The van der Waals surface area contributed by atoms with Gasteiger partial charge in [0.05, 0.1) is 12.8 Å². The minimum atomic E-state index is -0.487. The van der Waals surface area contributed by atoms with Crippen LogP contribution in [0.1, 0.15) is 53.9 Å². The monoisotopic (exact) mass is 306 g/mol. The van der Waals surface area contributed by atoms with Crippen molar-refractivity contribution in [3.63, 3.8) is 0 Å². The van der Waals surface area contributed by atoms with Gasteiger partial charge >= 0.3 is 5.97 Å². The minimum absolute atomic E-state index is 0.124. The SMILES string of the molecule is COC(=O)[C@@H]1C[C@H]2CCCC[C@H]2N1C(=O)c1c(C)noc1C. The first kappa shape index (κ1) is 15.1. The number of aromatic nitrogens is 1. The summed E-state index contributed by atoms with van der Waals surface area (Å²) < 4.78 is 10.0. The standard InChI is InChI=1S/C16H22N2O4/c1-9-14(10(2)22-17-9)15(19)18-12-7-5-4-6-11(12)8-13(18)16(20)21-3/h11-13H,4-8H2,1-3H3/t11-,12-,13+/m1/s1. The molecule has 2 aliphatic rings. The average Bonchev–Trinajstić information content (AvgIpc) is 3.06. The van der Waals surface area contributed by atoms with Crippen molar-refractivity contribution >= 4 is 11.9 Å². The third kappa shape index (κ3) is 2.30. The molecule has 2 fully saturated rings. The maximum absolute atomic E-state index is 13.1. The van der Waals surface area contributed by atoms with E-state index in [0.29, 0.717) is 29.4 Å². The number of amides is 1. The Bertz CT molecular complexity index is 575. The second-order valence-corrected chi connectivity index (χ2v) is 6.30. The fraction of sp³-hybridized carbons (Fsp3) is 0.688. The highest BCUT2D eigenvalue weighted by atomic mass is 16.5. The molecule has 0 spiro atoms. The summed E-state index contributed by atoms with van der Waals surface area (Å²) >= 11 is 0. The number of carbonyl (C=O) groups excluding carboxylic acids is 2. The molecule has 120 valence electrons. The van der Waals surface area contributed by atoms with Gasteiger partial charge in [-0.1, -0.05) is 18.0 Å². The molecule has 6 nitrogen and oxygen atoms in total. The molecule has 1 aliphatic carbocycles. The van der Waals surface area contributed by atoms with Crippen molar-refractivity contribution in [2.24, 2.45) is 5.92 Å². The molecule has 3 rings (SSSR count). The molecule has 1 aromatic heterocycles. The molecule has 1 saturated carbocycles. The lowest BCUT2D eigenvalue weighted by atomic mass is 9.84. The molecule has 1 aromatic rings. The predicted molar refractivity (Wildman–Crippen MR) is 78.3 cm³/mol. The number of ether oxygens (including phenoxy) is 1. The van der Waals surface area contributed by atoms with Gasteiger partial charge in [-0.15, -0.1) is 0 Å². The normalized spacial score (nSPS) is 27.6. The molecular weight excluding hydrogens is 284 g/mol. The quantitative estimate of drug-likeness (QED) is 0.783. The van der Waals surface area contributed by atoms with Crippen molar-refractivity contribution in [3.8, 4) is 0 Å². The van der Waals surface area contributed by atoms with E-state index in [1.54, 1.807) is 18.7 Å². The Balaban J connectivity index is 1.96. The summed E-state index contributed by atoms with van der Waals surface area (Å²) in [7, 11) is 1.38. The Kier molecular flexibility index (Phi) is 3.93. The first-order chi connectivity index (χ1) is 10.5. The Morgan fingerprint density at radius 3 is 2.64 bits per heavy atom. The molecule has 0 aromatic carbocycles. The minimum Gasteiger partial charge on any atom is -0.467 e. The first-order valence-corrected chi connectivity index (χ1v) is 7.88. The van der Waals surface area contributed by atoms with Crippen molar-refractivity contribution in [1.29, 1.82) is 0 Å². The lowest BCUT2D eigenvalue weighted by Gasteiger charge is -2.33. The third-order valence-electron chi connectivity index (χ3n) is 5.04. The summed E-state index contributed by atoms with van der Waals surface area (Å²) in [5.74, 6) is 0.420. The van der Waals surface area contributed by atoms with Gasteiger partial charge in [0.1, 0.15) is 17.4 Å². The molecule has 0 radical (unpaired) electrons. The first-order valence-electron chi connectivity index (χ1n) is 7.88. The Hall–Kier alpha value is -1.85. The highest BCUT2D eigenvalue weighted by Crippen LogP contribution is 2.41. The molecule has 2 heterocycles. The summed E-state index contributed by atoms with van der Waals surface area (Å²) in [4.78, 5) is 26.9. The van der Waals surface area contributed by atoms with Gasteiger partial charge in [-0.25, -0.2) is 4.79 Å². The van der Waals surface area contributed by atoms with Gasteiger partial charge in [0, 0.05) is 6.04 Å². The van der Waals surface area contributed by atoms with Crippen LogP contribution < -0.4 is 0 Å². The van der Waals surface area contributed by atoms with Crippen LogP contribution in [-0.4, -0.2) is 41.1 Å². The van der Waals surface area contributed by atoms with Gasteiger partial charge in [0.25, 0.3) is 5.91 Å². The number of methoxy groups -OCH3 is 1. The van der Waals surface area contributed by atoms with Crippen molar-refractivity contribution in [2.75, 3.05) is 7.11 Å². The highest BCUT2D eigenvalue weighted by molar-refractivity contribution is 5.99. The molecule has 1 aliphatic heterocycles. The fourth-order valence-corrected chi connectivity index (χ4v) is 4.02. The van der Waals surface area contributed by atoms with Gasteiger partial charge in [0.2, 0.25) is 0 Å². The number of fused-ring (bicyclic) bond motifs is 1. The molecule has 3 atom stereocenters. The van der Waals surface area contributed by atoms with Crippen LogP contribution in [0.15, 0.2) is 4.52 Å². The van der Waals surface area contributed by atoms with Gasteiger partial charge in [-0.2, -0.15) is 0 Å². The molecular formula is C16H22N2O4. The van der Waals surface area contributed by atoms with Crippen molar-refractivity contribution in [2.45, 2.75) is 58.0 Å². The van der Waals surface area contributed by atoms with Gasteiger partial charge in [0.15, 0.2) is 0 Å². The molecule has 0 bridgehead atoms. The van der Waals surface area contributed by atoms with Crippen molar-refractivity contribution < 1.29 is 18.8 Å². The maximum atomic E-state index is 13.1. The van der Waals surface area contributed by atoms with Gasteiger partial charge < -0.3 is 14.2 Å². The molecule has 6 heteroatoms. The van der Waals surface area contributed by atoms with E-state index in [0.717, 1.165) is 19.3 Å². The molecule has 0 unspecified atom stereocenters. The Morgan fingerprint density at radius 2 is 2.00 bits per heavy atom. The number of hydrogen-bond donors (Lipinski definition) is 0. The second kappa shape index (κ2) is 5.74. The van der Waals surface area contributed by atoms with E-state index < -0.39 is 6.04 Å². The maximum Gasteiger partial charge on any atom is 0.328 e. The lowest BCUT2D eigenvalue weighted by Crippen LogP contribution is -2.46. The summed E-state index contributed by atoms with van der Waals surface area (Å²) in [5, 5.41) is 3.86. The molecule has 1 saturated heterocycles. The van der Waals surface area contributed by atoms with E-state index in [9.17, 15) is 9.59 Å². The van der Waals surface area contributed by atoms with E-state index in [1.807, 2.05) is 0 Å². The zero-order chi connectivity index (χ0) is 15.9. The summed E-state index contributed by atoms with van der Waals surface area (Å²) in [5.41, 5.74) is 1.06. The predicted octanol–water partition coefficient (Wildman–Crippen LogP) is 2.24. The van der Waals surface area contributed by atoms with E-state index >= 15 is 0 Å². The van der Waals surface area contributed by atoms with Gasteiger partial charge in [-0.3, -0.25) is 4.79 Å². The highest BCUT2D eigenvalue weighted by Gasteiger charge is 2.48.